The van der Waals surface area contributed by atoms with Gasteiger partial charge in [0.15, 0.2) is 0 Å². The van der Waals surface area contributed by atoms with Gasteiger partial charge in [0.25, 0.3) is 0 Å². The monoisotopic (exact) mass is 574 g/mol. The molecule has 0 fully saturated rings. The number of hydrogen-bond donors (Lipinski definition) is 0. The van der Waals surface area contributed by atoms with Crippen LogP contribution in [-0.4, -0.2) is 0 Å². The topological polar surface area (TPSA) is 27.7 Å². The van der Waals surface area contributed by atoms with E-state index in [1.54, 1.807) is 36.4 Å². The van der Waals surface area contributed by atoms with Crippen molar-refractivity contribution >= 4 is 46.4 Å². The first-order chi connectivity index (χ1) is 17.4. The van der Waals surface area contributed by atoms with Crippen molar-refractivity contribution in [1.82, 2.24) is 0 Å². The van der Waals surface area contributed by atoms with Crippen LogP contribution in [-0.2, 0) is 15.9 Å². The highest BCUT2D eigenvalue weighted by Crippen LogP contribution is 2.38. The van der Waals surface area contributed by atoms with Crippen LogP contribution in [0.25, 0.3) is 0 Å². The van der Waals surface area contributed by atoms with Crippen molar-refractivity contribution in [3.63, 3.8) is 0 Å². The third-order valence-corrected chi connectivity index (χ3v) is 6.91. The van der Waals surface area contributed by atoms with Gasteiger partial charge in [-0.15, -0.1) is 0 Å². The standard InChI is InChI=1S/C30H26Cl4O3/c1-29(2,19-5-11-23(12-6-19)35-27-15-9-21(31)17-25(27)33)37-30(3,4)20-7-13-24(14-8-20)36-28-16-10-22(32)18-26(28)34/h5-18H,1-4H3. The molecule has 0 radical (unpaired) electrons. The lowest BCUT2D eigenvalue weighted by Crippen LogP contribution is -2.33. The second kappa shape index (κ2) is 11.1. The Morgan fingerprint density at radius 1 is 0.486 bits per heavy atom. The molecule has 0 saturated carbocycles. The molecule has 37 heavy (non-hydrogen) atoms. The third kappa shape index (κ3) is 6.93. The zero-order valence-electron chi connectivity index (χ0n) is 20.8. The molecular formula is C30H26Cl4O3. The fourth-order valence-corrected chi connectivity index (χ4v) is 4.87. The van der Waals surface area contributed by atoms with Gasteiger partial charge >= 0.3 is 0 Å². The molecule has 4 aromatic carbocycles. The normalized spacial score (nSPS) is 11.9. The van der Waals surface area contributed by atoms with Crippen LogP contribution in [0.15, 0.2) is 84.9 Å². The molecule has 0 aromatic heterocycles. The van der Waals surface area contributed by atoms with Gasteiger partial charge in [0.2, 0.25) is 0 Å². The molecule has 7 heteroatoms. The van der Waals surface area contributed by atoms with Crippen LogP contribution >= 0.6 is 46.4 Å². The summed E-state index contributed by atoms with van der Waals surface area (Å²) in [6.07, 6.45) is 0. The Morgan fingerprint density at radius 2 is 0.838 bits per heavy atom. The maximum absolute atomic E-state index is 6.63. The summed E-state index contributed by atoms with van der Waals surface area (Å²) in [6, 6.07) is 25.8. The van der Waals surface area contributed by atoms with Crippen LogP contribution in [0.5, 0.6) is 23.0 Å². The Hall–Kier alpha value is -2.40. The zero-order valence-corrected chi connectivity index (χ0v) is 23.8. The Kier molecular flexibility index (Phi) is 8.32. The first kappa shape index (κ1) is 27.6. The maximum Gasteiger partial charge on any atom is 0.146 e. The molecule has 0 heterocycles. The van der Waals surface area contributed by atoms with Crippen molar-refractivity contribution in [1.29, 1.82) is 0 Å². The summed E-state index contributed by atoms with van der Waals surface area (Å²) in [5, 5.41) is 2.02. The number of halogens is 4. The molecule has 0 bridgehead atoms. The first-order valence-corrected chi connectivity index (χ1v) is 13.1. The van der Waals surface area contributed by atoms with Crippen molar-refractivity contribution in [2.24, 2.45) is 0 Å². The molecule has 0 aliphatic heterocycles. The molecule has 4 aromatic rings. The minimum Gasteiger partial charge on any atom is -0.456 e. The van der Waals surface area contributed by atoms with E-state index in [0.29, 0.717) is 43.1 Å². The molecule has 3 nitrogen and oxygen atoms in total. The highest BCUT2D eigenvalue weighted by atomic mass is 35.5. The van der Waals surface area contributed by atoms with Gasteiger partial charge in [0.05, 0.1) is 21.2 Å². The van der Waals surface area contributed by atoms with Gasteiger partial charge in [-0.25, -0.2) is 0 Å². The molecule has 0 saturated heterocycles. The molecule has 192 valence electrons. The summed E-state index contributed by atoms with van der Waals surface area (Å²) in [6.45, 7) is 8.17. The Bertz CT molecular complexity index is 1270. The Labute approximate surface area is 237 Å². The minimum absolute atomic E-state index is 0.453. The van der Waals surface area contributed by atoms with E-state index in [1.807, 2.05) is 76.2 Å². The van der Waals surface area contributed by atoms with Crippen LogP contribution in [0.2, 0.25) is 20.1 Å². The predicted octanol–water partition coefficient (Wildman–Crippen LogP) is 11.1. The molecule has 0 amide bonds. The lowest BCUT2D eigenvalue weighted by molar-refractivity contribution is -0.132. The minimum atomic E-state index is -0.577. The quantitative estimate of drug-likeness (QED) is 0.209. The summed E-state index contributed by atoms with van der Waals surface area (Å²) < 4.78 is 18.4. The SMILES string of the molecule is CC(C)(OC(C)(C)c1ccc(Oc2ccc(Cl)cc2Cl)cc1)c1ccc(Oc2ccc(Cl)cc2Cl)cc1. The second-order valence-corrected chi connectivity index (χ2v) is 11.2. The molecule has 0 aliphatic carbocycles. The van der Waals surface area contributed by atoms with E-state index in [-0.39, 0.29) is 0 Å². The highest BCUT2D eigenvalue weighted by molar-refractivity contribution is 6.36. The average molecular weight is 576 g/mol. The summed E-state index contributed by atoms with van der Waals surface area (Å²) in [5.41, 5.74) is 0.859. The van der Waals surface area contributed by atoms with Gasteiger partial charge in [-0.05, 0) is 99.5 Å². The van der Waals surface area contributed by atoms with Crippen LogP contribution in [0.4, 0.5) is 0 Å². The fraction of sp³-hybridized carbons (Fsp3) is 0.200. The fourth-order valence-electron chi connectivity index (χ4n) is 3.97. The number of ether oxygens (including phenoxy) is 3. The van der Waals surface area contributed by atoms with Crippen LogP contribution in [0.1, 0.15) is 38.8 Å². The molecular weight excluding hydrogens is 550 g/mol. The predicted molar refractivity (Wildman–Crippen MR) is 153 cm³/mol. The van der Waals surface area contributed by atoms with E-state index in [1.165, 1.54) is 0 Å². The van der Waals surface area contributed by atoms with Crippen molar-refractivity contribution in [2.45, 2.75) is 38.9 Å². The van der Waals surface area contributed by atoms with Crippen molar-refractivity contribution in [3.05, 3.63) is 116 Å². The van der Waals surface area contributed by atoms with E-state index in [4.69, 9.17) is 60.6 Å². The van der Waals surface area contributed by atoms with Crippen molar-refractivity contribution < 1.29 is 14.2 Å². The van der Waals surface area contributed by atoms with Gasteiger partial charge in [-0.2, -0.15) is 0 Å². The van der Waals surface area contributed by atoms with E-state index in [9.17, 15) is 0 Å². The van der Waals surface area contributed by atoms with Crippen LogP contribution < -0.4 is 9.47 Å². The van der Waals surface area contributed by atoms with Crippen LogP contribution in [0.3, 0.4) is 0 Å². The maximum atomic E-state index is 6.63. The van der Waals surface area contributed by atoms with E-state index < -0.39 is 11.2 Å². The highest BCUT2D eigenvalue weighted by Gasteiger charge is 2.32. The molecule has 0 atom stereocenters. The molecule has 0 aliphatic rings. The largest absolute Gasteiger partial charge is 0.456 e. The third-order valence-electron chi connectivity index (χ3n) is 5.85. The summed E-state index contributed by atoms with van der Waals surface area (Å²) in [4.78, 5) is 0. The Balaban J connectivity index is 1.44. The lowest BCUT2D eigenvalue weighted by Gasteiger charge is -2.37. The van der Waals surface area contributed by atoms with Gasteiger partial charge in [-0.1, -0.05) is 70.7 Å². The first-order valence-electron chi connectivity index (χ1n) is 11.6. The summed E-state index contributed by atoms with van der Waals surface area (Å²) >= 11 is 24.4. The van der Waals surface area contributed by atoms with Crippen molar-refractivity contribution in [3.8, 4) is 23.0 Å². The lowest BCUT2D eigenvalue weighted by atomic mass is 9.93. The van der Waals surface area contributed by atoms with Gasteiger partial charge in [0.1, 0.15) is 23.0 Å². The van der Waals surface area contributed by atoms with Crippen molar-refractivity contribution in [2.75, 3.05) is 0 Å². The van der Waals surface area contributed by atoms with E-state index in [2.05, 4.69) is 0 Å². The number of benzene rings is 4. The van der Waals surface area contributed by atoms with Gasteiger partial charge in [-0.3, -0.25) is 0 Å². The second-order valence-electron chi connectivity index (χ2n) is 9.53. The molecule has 0 N–H and O–H groups in total. The molecule has 0 spiro atoms. The Morgan fingerprint density at radius 3 is 1.16 bits per heavy atom. The van der Waals surface area contributed by atoms with E-state index in [0.717, 1.165) is 11.1 Å². The van der Waals surface area contributed by atoms with Gasteiger partial charge in [0, 0.05) is 10.0 Å². The summed E-state index contributed by atoms with van der Waals surface area (Å²) in [5.74, 6) is 2.42. The molecule has 0 unspecified atom stereocenters. The van der Waals surface area contributed by atoms with E-state index >= 15 is 0 Å². The molecule has 4 rings (SSSR count). The number of rotatable bonds is 8. The summed E-state index contributed by atoms with van der Waals surface area (Å²) in [7, 11) is 0. The smallest absolute Gasteiger partial charge is 0.146 e. The van der Waals surface area contributed by atoms with Crippen LogP contribution in [0, 0.1) is 0 Å². The average Bonchev–Trinajstić information content (AvgIpc) is 2.83. The number of hydrogen-bond acceptors (Lipinski definition) is 3. The van der Waals surface area contributed by atoms with Gasteiger partial charge < -0.3 is 14.2 Å². The zero-order chi connectivity index (χ0) is 26.8.